The summed E-state index contributed by atoms with van der Waals surface area (Å²) in [6.07, 6.45) is 1.12. The molecule has 7 heteroatoms. The van der Waals surface area contributed by atoms with Crippen LogP contribution in [0.25, 0.3) is 0 Å². The van der Waals surface area contributed by atoms with Crippen LogP contribution in [0.5, 0.6) is 0 Å². The molecule has 0 bridgehead atoms. The summed E-state index contributed by atoms with van der Waals surface area (Å²) in [4.78, 5) is 26.8. The number of hydrogen-bond donors (Lipinski definition) is 2. The van der Waals surface area contributed by atoms with Crippen molar-refractivity contribution in [1.82, 2.24) is 10.2 Å². The standard InChI is InChI=1S/C22H25BrFN3O2/c1-15-3-5-16(6-4-15)14-25-20(28)22(2)9-11-27(12-10-22)21(29)26-19-8-7-17(23)13-18(19)24/h3-8,13H,9-12,14H2,1-2H3,(H,25,28)(H,26,29). The molecule has 5 nitrogen and oxygen atoms in total. The van der Waals surface area contributed by atoms with Crippen molar-refractivity contribution in [3.8, 4) is 0 Å². The summed E-state index contributed by atoms with van der Waals surface area (Å²) in [5, 5.41) is 5.62. The average Bonchev–Trinajstić information content (AvgIpc) is 2.70. The van der Waals surface area contributed by atoms with E-state index in [1.54, 1.807) is 11.0 Å². The summed E-state index contributed by atoms with van der Waals surface area (Å²) < 4.78 is 14.5. The lowest BCUT2D eigenvalue weighted by Gasteiger charge is -2.38. The minimum absolute atomic E-state index is 0.00270. The lowest BCUT2D eigenvalue weighted by Crippen LogP contribution is -2.49. The Morgan fingerprint density at radius 2 is 1.79 bits per heavy atom. The van der Waals surface area contributed by atoms with Gasteiger partial charge in [-0.05, 0) is 43.5 Å². The van der Waals surface area contributed by atoms with Gasteiger partial charge in [0.05, 0.1) is 5.69 Å². The molecule has 3 amide bonds. The maximum Gasteiger partial charge on any atom is 0.321 e. The van der Waals surface area contributed by atoms with Crippen molar-refractivity contribution >= 4 is 33.6 Å². The Kier molecular flexibility index (Phi) is 6.57. The zero-order valence-electron chi connectivity index (χ0n) is 16.6. The smallest absolute Gasteiger partial charge is 0.321 e. The molecule has 3 rings (SSSR count). The number of halogens is 2. The first-order valence-electron chi connectivity index (χ1n) is 9.62. The molecule has 1 aliphatic heterocycles. The van der Waals surface area contributed by atoms with Gasteiger partial charge in [0.25, 0.3) is 0 Å². The number of nitrogens with zero attached hydrogens (tertiary/aromatic N) is 1. The van der Waals surface area contributed by atoms with Crippen molar-refractivity contribution in [2.75, 3.05) is 18.4 Å². The zero-order chi connectivity index (χ0) is 21.0. The van der Waals surface area contributed by atoms with Crippen LogP contribution in [0.3, 0.4) is 0 Å². The highest BCUT2D eigenvalue weighted by Crippen LogP contribution is 2.31. The second-order valence-electron chi connectivity index (χ2n) is 7.77. The summed E-state index contributed by atoms with van der Waals surface area (Å²) in [5.41, 5.74) is 1.86. The minimum atomic E-state index is -0.523. The van der Waals surface area contributed by atoms with Gasteiger partial charge in [-0.25, -0.2) is 9.18 Å². The number of piperidine rings is 1. The Balaban J connectivity index is 1.52. The second kappa shape index (κ2) is 8.95. The first kappa shape index (κ1) is 21.3. The van der Waals surface area contributed by atoms with E-state index in [1.807, 2.05) is 38.1 Å². The van der Waals surface area contributed by atoms with E-state index in [1.165, 1.54) is 17.7 Å². The van der Waals surface area contributed by atoms with Crippen molar-refractivity contribution in [2.45, 2.75) is 33.2 Å². The molecular formula is C22H25BrFN3O2. The number of aryl methyl sites for hydroxylation is 1. The maximum absolute atomic E-state index is 13.9. The normalized spacial score (nSPS) is 15.7. The van der Waals surface area contributed by atoms with E-state index < -0.39 is 11.2 Å². The number of carbonyl (C=O) groups is 2. The molecule has 154 valence electrons. The van der Waals surface area contributed by atoms with Crippen LogP contribution in [0, 0.1) is 18.2 Å². The van der Waals surface area contributed by atoms with E-state index in [9.17, 15) is 14.0 Å². The van der Waals surface area contributed by atoms with Crippen molar-refractivity contribution in [1.29, 1.82) is 0 Å². The molecule has 0 saturated carbocycles. The third kappa shape index (κ3) is 5.35. The molecule has 0 aliphatic carbocycles. The van der Waals surface area contributed by atoms with E-state index in [-0.39, 0.29) is 17.6 Å². The van der Waals surface area contributed by atoms with Crippen LogP contribution in [0.2, 0.25) is 0 Å². The van der Waals surface area contributed by atoms with Gasteiger partial charge in [0.2, 0.25) is 5.91 Å². The van der Waals surface area contributed by atoms with Gasteiger partial charge < -0.3 is 15.5 Å². The predicted octanol–water partition coefficient (Wildman–Crippen LogP) is 4.85. The molecule has 0 atom stereocenters. The number of amides is 3. The van der Waals surface area contributed by atoms with E-state index in [4.69, 9.17) is 0 Å². The first-order valence-corrected chi connectivity index (χ1v) is 10.4. The molecule has 29 heavy (non-hydrogen) atoms. The summed E-state index contributed by atoms with van der Waals surface area (Å²) >= 11 is 3.19. The lowest BCUT2D eigenvalue weighted by molar-refractivity contribution is -0.132. The monoisotopic (exact) mass is 461 g/mol. The highest BCUT2D eigenvalue weighted by Gasteiger charge is 2.38. The van der Waals surface area contributed by atoms with Crippen LogP contribution < -0.4 is 10.6 Å². The molecule has 0 radical (unpaired) electrons. The van der Waals surface area contributed by atoms with Gasteiger partial charge in [0.15, 0.2) is 0 Å². The molecule has 0 unspecified atom stereocenters. The number of carbonyl (C=O) groups excluding carboxylic acids is 2. The minimum Gasteiger partial charge on any atom is -0.352 e. The van der Waals surface area contributed by atoms with Gasteiger partial charge in [0.1, 0.15) is 5.82 Å². The number of anilines is 1. The third-order valence-electron chi connectivity index (χ3n) is 5.45. The number of likely N-dealkylation sites (tertiary alicyclic amines) is 1. The summed E-state index contributed by atoms with van der Waals surface area (Å²) in [6, 6.07) is 12.2. The first-order chi connectivity index (χ1) is 13.8. The van der Waals surface area contributed by atoms with Crippen molar-refractivity contribution < 1.29 is 14.0 Å². The van der Waals surface area contributed by atoms with Crippen LogP contribution >= 0.6 is 15.9 Å². The maximum atomic E-state index is 13.9. The molecule has 2 aromatic carbocycles. The molecule has 1 saturated heterocycles. The zero-order valence-corrected chi connectivity index (χ0v) is 18.2. The van der Waals surface area contributed by atoms with Gasteiger partial charge in [-0.15, -0.1) is 0 Å². The lowest BCUT2D eigenvalue weighted by atomic mass is 9.79. The Labute approximate surface area is 178 Å². The van der Waals surface area contributed by atoms with Crippen molar-refractivity contribution in [3.63, 3.8) is 0 Å². The largest absolute Gasteiger partial charge is 0.352 e. The molecule has 1 heterocycles. The molecule has 2 aromatic rings. The summed E-state index contributed by atoms with van der Waals surface area (Å²) in [7, 11) is 0. The molecular weight excluding hydrogens is 437 g/mol. The van der Waals surface area contributed by atoms with Gasteiger partial charge >= 0.3 is 6.03 Å². The quantitative estimate of drug-likeness (QED) is 0.683. The van der Waals surface area contributed by atoms with Crippen molar-refractivity contribution in [2.24, 2.45) is 5.41 Å². The van der Waals surface area contributed by atoms with Gasteiger partial charge in [-0.2, -0.15) is 0 Å². The van der Waals surface area contributed by atoms with E-state index >= 15 is 0 Å². The number of urea groups is 1. The Bertz CT molecular complexity index is 893. The number of nitrogens with one attached hydrogen (secondary N) is 2. The summed E-state index contributed by atoms with van der Waals surface area (Å²) in [5.74, 6) is -0.498. The highest BCUT2D eigenvalue weighted by molar-refractivity contribution is 9.10. The molecule has 0 spiro atoms. The van der Waals surface area contributed by atoms with E-state index in [2.05, 4.69) is 26.6 Å². The van der Waals surface area contributed by atoms with Gasteiger partial charge in [0, 0.05) is 29.5 Å². The number of benzene rings is 2. The fourth-order valence-corrected chi connectivity index (χ4v) is 3.65. The Morgan fingerprint density at radius 1 is 1.14 bits per heavy atom. The Hall–Kier alpha value is -2.41. The average molecular weight is 462 g/mol. The topological polar surface area (TPSA) is 61.4 Å². The van der Waals surface area contributed by atoms with Gasteiger partial charge in [-0.3, -0.25) is 4.79 Å². The highest BCUT2D eigenvalue weighted by atomic mass is 79.9. The number of rotatable bonds is 4. The summed E-state index contributed by atoms with van der Waals surface area (Å²) in [6.45, 7) is 5.33. The van der Waals surface area contributed by atoms with E-state index in [0.717, 1.165) is 5.56 Å². The van der Waals surface area contributed by atoms with Crippen LogP contribution in [-0.2, 0) is 11.3 Å². The Morgan fingerprint density at radius 3 is 2.41 bits per heavy atom. The SMILES string of the molecule is Cc1ccc(CNC(=O)C2(C)CCN(C(=O)Nc3ccc(Br)cc3F)CC2)cc1. The van der Waals surface area contributed by atoms with Crippen LogP contribution in [0.15, 0.2) is 46.9 Å². The molecule has 0 aromatic heterocycles. The van der Waals surface area contributed by atoms with Crippen LogP contribution in [0.4, 0.5) is 14.9 Å². The van der Waals surface area contributed by atoms with E-state index in [0.29, 0.717) is 36.9 Å². The number of hydrogen-bond acceptors (Lipinski definition) is 2. The van der Waals surface area contributed by atoms with Crippen LogP contribution in [-0.4, -0.2) is 29.9 Å². The third-order valence-corrected chi connectivity index (χ3v) is 5.94. The molecule has 1 fully saturated rings. The predicted molar refractivity (Wildman–Crippen MR) is 115 cm³/mol. The van der Waals surface area contributed by atoms with Gasteiger partial charge in [-0.1, -0.05) is 52.7 Å². The fraction of sp³-hybridized carbons (Fsp3) is 0.364. The molecule has 1 aliphatic rings. The van der Waals surface area contributed by atoms with Crippen molar-refractivity contribution in [3.05, 3.63) is 63.9 Å². The molecule has 2 N–H and O–H groups in total. The fourth-order valence-electron chi connectivity index (χ4n) is 3.32. The van der Waals surface area contributed by atoms with Crippen LogP contribution in [0.1, 0.15) is 30.9 Å². The second-order valence-corrected chi connectivity index (χ2v) is 8.69.